The third kappa shape index (κ3) is 1.74. The van der Waals surface area contributed by atoms with E-state index in [1.807, 2.05) is 24.3 Å². The molecular weight excluding hydrogens is 178 g/mol. The summed E-state index contributed by atoms with van der Waals surface area (Å²) in [5.74, 6) is 1.07. The molecule has 3 nitrogen and oxygen atoms in total. The number of aliphatic hydroxyl groups excluding tert-OH is 1. The Morgan fingerprint density at radius 3 is 2.43 bits per heavy atom. The maximum Gasteiger partial charge on any atom is 0.118 e. The number of hydrogen-bond donors (Lipinski definition) is 2. The first-order valence-corrected chi connectivity index (χ1v) is 4.80. The van der Waals surface area contributed by atoms with Gasteiger partial charge in [-0.15, -0.1) is 0 Å². The summed E-state index contributed by atoms with van der Waals surface area (Å²) in [6.07, 6.45) is 0.625. The van der Waals surface area contributed by atoms with Crippen molar-refractivity contribution in [1.29, 1.82) is 0 Å². The summed E-state index contributed by atoms with van der Waals surface area (Å²) in [4.78, 5) is 0. The zero-order valence-electron chi connectivity index (χ0n) is 8.18. The van der Waals surface area contributed by atoms with Crippen LogP contribution in [-0.4, -0.2) is 18.3 Å². The molecule has 0 aliphatic heterocycles. The van der Waals surface area contributed by atoms with E-state index >= 15 is 0 Å². The second-order valence-electron chi connectivity index (χ2n) is 3.77. The highest BCUT2D eigenvalue weighted by molar-refractivity contribution is 5.30. The standard InChI is InChI=1S/C11H15NO2/c1-14-8-4-2-7(3-5-8)11(12)9-6-10(9)13/h2-5,9-11,13H,6,12H2,1H3. The van der Waals surface area contributed by atoms with Gasteiger partial charge in [-0.05, 0) is 24.1 Å². The molecule has 0 heterocycles. The third-order valence-electron chi connectivity index (χ3n) is 2.77. The lowest BCUT2D eigenvalue weighted by Gasteiger charge is -2.11. The summed E-state index contributed by atoms with van der Waals surface area (Å²) >= 11 is 0. The number of nitrogens with two attached hydrogens (primary N) is 1. The van der Waals surface area contributed by atoms with Crippen molar-refractivity contribution in [3.8, 4) is 5.75 Å². The number of hydrogen-bond acceptors (Lipinski definition) is 3. The molecule has 1 saturated carbocycles. The van der Waals surface area contributed by atoms with Crippen LogP contribution in [0.4, 0.5) is 0 Å². The van der Waals surface area contributed by atoms with E-state index in [0.29, 0.717) is 0 Å². The topological polar surface area (TPSA) is 55.5 Å². The normalized spacial score (nSPS) is 27.1. The first-order chi connectivity index (χ1) is 6.72. The van der Waals surface area contributed by atoms with Crippen LogP contribution in [-0.2, 0) is 0 Å². The van der Waals surface area contributed by atoms with Gasteiger partial charge < -0.3 is 15.6 Å². The highest BCUT2D eigenvalue weighted by Crippen LogP contribution is 2.40. The predicted molar refractivity (Wildman–Crippen MR) is 54.0 cm³/mol. The van der Waals surface area contributed by atoms with Crippen LogP contribution in [0, 0.1) is 5.92 Å². The molecule has 14 heavy (non-hydrogen) atoms. The number of rotatable bonds is 3. The second kappa shape index (κ2) is 3.59. The average molecular weight is 193 g/mol. The summed E-state index contributed by atoms with van der Waals surface area (Å²) in [6, 6.07) is 7.65. The largest absolute Gasteiger partial charge is 0.497 e. The molecule has 0 aromatic heterocycles. The zero-order valence-corrected chi connectivity index (χ0v) is 8.18. The van der Waals surface area contributed by atoms with Gasteiger partial charge in [-0.2, -0.15) is 0 Å². The van der Waals surface area contributed by atoms with Crippen LogP contribution < -0.4 is 10.5 Å². The second-order valence-corrected chi connectivity index (χ2v) is 3.77. The summed E-state index contributed by atoms with van der Waals surface area (Å²) in [5, 5.41) is 9.25. The lowest BCUT2D eigenvalue weighted by atomic mass is 10.0. The van der Waals surface area contributed by atoms with Crippen LogP contribution in [0.1, 0.15) is 18.0 Å². The van der Waals surface area contributed by atoms with Crippen LogP contribution in [0.25, 0.3) is 0 Å². The van der Waals surface area contributed by atoms with Gasteiger partial charge in [-0.25, -0.2) is 0 Å². The number of ether oxygens (including phenoxy) is 1. The van der Waals surface area contributed by atoms with E-state index in [1.54, 1.807) is 7.11 Å². The van der Waals surface area contributed by atoms with Crippen molar-refractivity contribution < 1.29 is 9.84 Å². The van der Waals surface area contributed by atoms with Gasteiger partial charge in [0, 0.05) is 12.0 Å². The molecule has 1 aromatic rings. The van der Waals surface area contributed by atoms with Crippen molar-refractivity contribution in [2.24, 2.45) is 11.7 Å². The minimum atomic E-state index is -0.202. The molecule has 1 aliphatic carbocycles. The van der Waals surface area contributed by atoms with Gasteiger partial charge in [-0.1, -0.05) is 12.1 Å². The monoisotopic (exact) mass is 193 g/mol. The van der Waals surface area contributed by atoms with Crippen molar-refractivity contribution in [1.82, 2.24) is 0 Å². The van der Waals surface area contributed by atoms with Crippen molar-refractivity contribution in [3.63, 3.8) is 0 Å². The van der Waals surface area contributed by atoms with Crippen molar-refractivity contribution in [2.45, 2.75) is 18.6 Å². The Labute approximate surface area is 83.5 Å². The molecule has 0 saturated heterocycles. The molecule has 2 rings (SSSR count). The van der Waals surface area contributed by atoms with E-state index in [2.05, 4.69) is 0 Å². The quantitative estimate of drug-likeness (QED) is 0.755. The predicted octanol–water partition coefficient (Wildman–Crippen LogP) is 1.08. The van der Waals surface area contributed by atoms with Gasteiger partial charge in [0.05, 0.1) is 13.2 Å². The lowest BCUT2D eigenvalue weighted by molar-refractivity contribution is 0.251. The van der Waals surface area contributed by atoms with Gasteiger partial charge in [0.15, 0.2) is 0 Å². The zero-order chi connectivity index (χ0) is 10.1. The van der Waals surface area contributed by atoms with Crippen molar-refractivity contribution >= 4 is 0 Å². The van der Waals surface area contributed by atoms with E-state index in [4.69, 9.17) is 10.5 Å². The molecule has 3 unspecified atom stereocenters. The lowest BCUT2D eigenvalue weighted by Crippen LogP contribution is -2.14. The molecule has 3 atom stereocenters. The van der Waals surface area contributed by atoms with Crippen LogP contribution in [0.3, 0.4) is 0 Å². The Kier molecular flexibility index (Phi) is 2.44. The number of aliphatic hydroxyl groups is 1. The maximum atomic E-state index is 9.25. The van der Waals surface area contributed by atoms with Gasteiger partial charge in [0.1, 0.15) is 5.75 Å². The molecule has 0 spiro atoms. The Bertz CT molecular complexity index is 310. The Balaban J connectivity index is 2.08. The van der Waals surface area contributed by atoms with Gasteiger partial charge >= 0.3 is 0 Å². The summed E-state index contributed by atoms with van der Waals surface area (Å²) < 4.78 is 5.06. The number of benzene rings is 1. The highest BCUT2D eigenvalue weighted by atomic mass is 16.5. The molecule has 3 heteroatoms. The molecule has 1 aromatic carbocycles. The summed E-state index contributed by atoms with van der Waals surface area (Å²) in [6.45, 7) is 0. The van der Waals surface area contributed by atoms with Gasteiger partial charge in [0.2, 0.25) is 0 Å². The van der Waals surface area contributed by atoms with Gasteiger partial charge in [-0.3, -0.25) is 0 Å². The Morgan fingerprint density at radius 1 is 1.43 bits per heavy atom. The fourth-order valence-corrected chi connectivity index (χ4v) is 1.66. The van der Waals surface area contributed by atoms with E-state index in [-0.39, 0.29) is 18.1 Å². The molecule has 3 N–H and O–H groups in total. The van der Waals surface area contributed by atoms with Crippen LogP contribution >= 0.6 is 0 Å². The van der Waals surface area contributed by atoms with Crippen molar-refractivity contribution in [2.75, 3.05) is 7.11 Å². The SMILES string of the molecule is COc1ccc(C(N)C2CC2O)cc1. The van der Waals surface area contributed by atoms with E-state index < -0.39 is 0 Å². The summed E-state index contributed by atoms with van der Waals surface area (Å²) in [5.41, 5.74) is 7.04. The maximum absolute atomic E-state index is 9.25. The molecule has 0 bridgehead atoms. The van der Waals surface area contributed by atoms with Crippen LogP contribution in [0.2, 0.25) is 0 Å². The minimum Gasteiger partial charge on any atom is -0.497 e. The molecule has 1 fully saturated rings. The van der Waals surface area contributed by atoms with Crippen LogP contribution in [0.5, 0.6) is 5.75 Å². The molecular formula is C11H15NO2. The minimum absolute atomic E-state index is 0.0455. The van der Waals surface area contributed by atoms with E-state index in [0.717, 1.165) is 17.7 Å². The molecule has 0 radical (unpaired) electrons. The van der Waals surface area contributed by atoms with Crippen LogP contribution in [0.15, 0.2) is 24.3 Å². The molecule has 76 valence electrons. The first kappa shape index (κ1) is 9.49. The number of methoxy groups -OCH3 is 1. The Hall–Kier alpha value is -1.06. The molecule has 0 amide bonds. The average Bonchev–Trinajstić information content (AvgIpc) is 2.95. The Morgan fingerprint density at radius 2 is 2.00 bits per heavy atom. The van der Waals surface area contributed by atoms with E-state index in [1.165, 1.54) is 0 Å². The smallest absolute Gasteiger partial charge is 0.118 e. The highest BCUT2D eigenvalue weighted by Gasteiger charge is 2.40. The fourth-order valence-electron chi connectivity index (χ4n) is 1.66. The fraction of sp³-hybridized carbons (Fsp3) is 0.455. The first-order valence-electron chi connectivity index (χ1n) is 4.80. The molecule has 1 aliphatic rings. The summed E-state index contributed by atoms with van der Waals surface area (Å²) in [7, 11) is 1.64. The van der Waals surface area contributed by atoms with E-state index in [9.17, 15) is 5.11 Å². The van der Waals surface area contributed by atoms with Crippen molar-refractivity contribution in [3.05, 3.63) is 29.8 Å². The third-order valence-corrected chi connectivity index (χ3v) is 2.77. The van der Waals surface area contributed by atoms with Gasteiger partial charge in [0.25, 0.3) is 0 Å².